The number of ketones is 1. The SMILES string of the molecule is CC(C)CC(CC(=O)c1ccc(C2=CC(Cl)=C(Cl)CC2)cc1)C(=O)O. The van der Waals surface area contributed by atoms with Gasteiger partial charge in [-0.2, -0.15) is 0 Å². The summed E-state index contributed by atoms with van der Waals surface area (Å²) in [6, 6.07) is 7.25. The van der Waals surface area contributed by atoms with Gasteiger partial charge in [-0.05, 0) is 42.4 Å². The van der Waals surface area contributed by atoms with E-state index in [2.05, 4.69) is 0 Å². The van der Waals surface area contributed by atoms with Crippen LogP contribution in [0.25, 0.3) is 5.57 Å². The average Bonchev–Trinajstić information content (AvgIpc) is 2.56. The molecule has 1 aromatic carbocycles. The molecule has 1 aliphatic rings. The topological polar surface area (TPSA) is 54.4 Å². The first-order chi connectivity index (χ1) is 11.8. The van der Waals surface area contributed by atoms with E-state index in [1.54, 1.807) is 12.1 Å². The van der Waals surface area contributed by atoms with Crippen LogP contribution in [0.1, 0.15) is 55.5 Å². The van der Waals surface area contributed by atoms with Gasteiger partial charge in [0.25, 0.3) is 0 Å². The molecule has 1 unspecified atom stereocenters. The highest BCUT2D eigenvalue weighted by molar-refractivity contribution is 6.40. The van der Waals surface area contributed by atoms with Gasteiger partial charge in [0.15, 0.2) is 5.78 Å². The zero-order valence-corrected chi connectivity index (χ0v) is 15.9. The van der Waals surface area contributed by atoms with Crippen LogP contribution in [0.2, 0.25) is 0 Å². The molecule has 1 aromatic rings. The molecule has 0 saturated heterocycles. The second-order valence-corrected chi connectivity index (χ2v) is 7.66. The molecule has 25 heavy (non-hydrogen) atoms. The molecule has 1 atom stereocenters. The van der Waals surface area contributed by atoms with Gasteiger partial charge in [0.05, 0.1) is 11.0 Å². The molecule has 0 heterocycles. The Morgan fingerprint density at radius 3 is 2.28 bits per heavy atom. The van der Waals surface area contributed by atoms with Gasteiger partial charge in [0.1, 0.15) is 0 Å². The molecule has 0 radical (unpaired) electrons. The van der Waals surface area contributed by atoms with Crippen LogP contribution in [-0.4, -0.2) is 16.9 Å². The molecule has 3 nitrogen and oxygen atoms in total. The first-order valence-electron chi connectivity index (χ1n) is 8.39. The lowest BCUT2D eigenvalue weighted by molar-refractivity contribution is -0.142. The van der Waals surface area contributed by atoms with Gasteiger partial charge in [-0.25, -0.2) is 0 Å². The normalized spacial score (nSPS) is 16.0. The number of hydrogen-bond acceptors (Lipinski definition) is 2. The fourth-order valence-electron chi connectivity index (χ4n) is 2.95. The zero-order valence-electron chi connectivity index (χ0n) is 14.4. The Labute approximate surface area is 158 Å². The molecule has 0 aliphatic heterocycles. The van der Waals surface area contributed by atoms with Crippen molar-refractivity contribution in [2.45, 2.75) is 39.5 Å². The Hall–Kier alpha value is -1.58. The largest absolute Gasteiger partial charge is 0.481 e. The van der Waals surface area contributed by atoms with Crippen LogP contribution in [-0.2, 0) is 4.79 Å². The van der Waals surface area contributed by atoms with E-state index in [0.29, 0.717) is 28.5 Å². The molecule has 0 fully saturated rings. The summed E-state index contributed by atoms with van der Waals surface area (Å²) in [5.41, 5.74) is 2.61. The van der Waals surface area contributed by atoms with E-state index >= 15 is 0 Å². The minimum Gasteiger partial charge on any atom is -0.481 e. The molecule has 2 rings (SSSR count). The van der Waals surface area contributed by atoms with Crippen molar-refractivity contribution in [3.63, 3.8) is 0 Å². The van der Waals surface area contributed by atoms with Crippen molar-refractivity contribution in [3.05, 3.63) is 51.5 Å². The summed E-state index contributed by atoms with van der Waals surface area (Å²) in [5, 5.41) is 10.5. The molecule has 1 aliphatic carbocycles. The van der Waals surface area contributed by atoms with Crippen LogP contribution < -0.4 is 0 Å². The first-order valence-corrected chi connectivity index (χ1v) is 9.14. The third-order valence-electron chi connectivity index (χ3n) is 4.29. The molecule has 134 valence electrons. The van der Waals surface area contributed by atoms with Crippen LogP contribution >= 0.6 is 23.2 Å². The van der Waals surface area contributed by atoms with Crippen LogP contribution in [0.15, 0.2) is 40.4 Å². The van der Waals surface area contributed by atoms with E-state index in [9.17, 15) is 14.7 Å². The molecule has 0 saturated carbocycles. The standard InChI is InChI=1S/C20H22Cl2O3/c1-12(2)9-16(20(24)25)11-19(23)14-5-3-13(4-6-14)15-7-8-17(21)18(22)10-15/h3-6,10,12,16H,7-9,11H2,1-2H3,(H,24,25). The van der Waals surface area contributed by atoms with Gasteiger partial charge in [0.2, 0.25) is 0 Å². The quantitative estimate of drug-likeness (QED) is 0.601. The summed E-state index contributed by atoms with van der Waals surface area (Å²) < 4.78 is 0. The predicted molar refractivity (Wildman–Crippen MR) is 102 cm³/mol. The van der Waals surface area contributed by atoms with Crippen LogP contribution in [0, 0.1) is 11.8 Å². The maximum Gasteiger partial charge on any atom is 0.306 e. The Bertz CT molecular complexity index is 715. The van der Waals surface area contributed by atoms with Crippen LogP contribution in [0.5, 0.6) is 0 Å². The minimum absolute atomic E-state index is 0.0275. The lowest BCUT2D eigenvalue weighted by atomic mass is 9.90. The third kappa shape index (κ3) is 5.45. The molecule has 0 spiro atoms. The molecular formula is C20H22Cl2O3. The number of hydrogen-bond donors (Lipinski definition) is 1. The van der Waals surface area contributed by atoms with Gasteiger partial charge < -0.3 is 5.11 Å². The average molecular weight is 381 g/mol. The van der Waals surface area contributed by atoms with Crippen LogP contribution in [0.4, 0.5) is 0 Å². The maximum atomic E-state index is 12.4. The van der Waals surface area contributed by atoms with Gasteiger partial charge >= 0.3 is 5.97 Å². The first kappa shape index (κ1) is 19.7. The van der Waals surface area contributed by atoms with E-state index in [0.717, 1.165) is 17.6 Å². The molecule has 1 N–H and O–H groups in total. The van der Waals surface area contributed by atoms with E-state index in [-0.39, 0.29) is 18.1 Å². The number of carboxylic acid groups (broad SMARTS) is 1. The number of rotatable bonds is 7. The highest BCUT2D eigenvalue weighted by Crippen LogP contribution is 2.34. The number of carbonyl (C=O) groups excluding carboxylic acids is 1. The number of Topliss-reactive ketones (excluding diaryl/α,β-unsaturated/α-hetero) is 1. The van der Waals surface area contributed by atoms with Gasteiger partial charge in [-0.1, -0.05) is 61.3 Å². The lowest BCUT2D eigenvalue weighted by Gasteiger charge is -2.15. The van der Waals surface area contributed by atoms with Gasteiger partial charge in [-0.3, -0.25) is 9.59 Å². The molecule has 5 heteroatoms. The van der Waals surface area contributed by atoms with Crippen molar-refractivity contribution < 1.29 is 14.7 Å². The van der Waals surface area contributed by atoms with Crippen molar-refractivity contribution in [1.82, 2.24) is 0 Å². The van der Waals surface area contributed by atoms with Crippen molar-refractivity contribution in [3.8, 4) is 0 Å². The Balaban J connectivity index is 2.10. The monoisotopic (exact) mass is 380 g/mol. The summed E-state index contributed by atoms with van der Waals surface area (Å²) in [4.78, 5) is 23.7. The predicted octanol–water partition coefficient (Wildman–Crippen LogP) is 5.87. The Morgan fingerprint density at radius 1 is 1.12 bits per heavy atom. The summed E-state index contributed by atoms with van der Waals surface area (Å²) in [6.07, 6.45) is 3.89. The van der Waals surface area contributed by atoms with Crippen molar-refractivity contribution in [2.75, 3.05) is 0 Å². The number of aliphatic carboxylic acids is 1. The summed E-state index contributed by atoms with van der Waals surface area (Å²) in [7, 11) is 0. The van der Waals surface area contributed by atoms with E-state index < -0.39 is 11.9 Å². The van der Waals surface area contributed by atoms with E-state index in [1.165, 1.54) is 0 Å². The van der Waals surface area contributed by atoms with Crippen molar-refractivity contribution >= 4 is 40.5 Å². The van der Waals surface area contributed by atoms with E-state index in [1.807, 2.05) is 32.1 Å². The number of carbonyl (C=O) groups is 2. The number of benzene rings is 1. The second-order valence-electron chi connectivity index (χ2n) is 6.79. The number of allylic oxidation sites excluding steroid dienone is 4. The number of halogens is 2. The fraction of sp³-hybridized carbons (Fsp3) is 0.400. The Morgan fingerprint density at radius 2 is 1.76 bits per heavy atom. The highest BCUT2D eigenvalue weighted by atomic mass is 35.5. The van der Waals surface area contributed by atoms with Crippen molar-refractivity contribution in [2.24, 2.45) is 11.8 Å². The Kier molecular flexibility index (Phi) is 6.86. The smallest absolute Gasteiger partial charge is 0.306 e. The van der Waals surface area contributed by atoms with Crippen LogP contribution in [0.3, 0.4) is 0 Å². The zero-order chi connectivity index (χ0) is 18.6. The summed E-state index contributed by atoms with van der Waals surface area (Å²) in [6.45, 7) is 3.91. The van der Waals surface area contributed by atoms with E-state index in [4.69, 9.17) is 23.2 Å². The second kappa shape index (κ2) is 8.68. The highest BCUT2D eigenvalue weighted by Gasteiger charge is 2.23. The third-order valence-corrected chi connectivity index (χ3v) is 5.12. The number of carboxylic acids is 1. The molecule has 0 aromatic heterocycles. The maximum absolute atomic E-state index is 12.4. The van der Waals surface area contributed by atoms with Gasteiger partial charge in [0, 0.05) is 17.0 Å². The summed E-state index contributed by atoms with van der Waals surface area (Å²) in [5.74, 6) is -1.46. The lowest BCUT2D eigenvalue weighted by Crippen LogP contribution is -2.20. The molecule has 0 bridgehead atoms. The summed E-state index contributed by atoms with van der Waals surface area (Å²) >= 11 is 12.1. The molecule has 0 amide bonds. The fourth-order valence-corrected chi connectivity index (χ4v) is 3.32. The minimum atomic E-state index is -0.913. The molecular weight excluding hydrogens is 359 g/mol. The van der Waals surface area contributed by atoms with Crippen molar-refractivity contribution in [1.29, 1.82) is 0 Å². The van der Waals surface area contributed by atoms with Gasteiger partial charge in [-0.15, -0.1) is 0 Å².